The van der Waals surface area contributed by atoms with E-state index in [-0.39, 0.29) is 7.43 Å². The van der Waals surface area contributed by atoms with Crippen LogP contribution in [0.25, 0.3) is 0 Å². The Kier molecular flexibility index (Phi) is 2.09. The average molecular weight is 129 g/mol. The zero-order chi connectivity index (χ0) is 5.40. The second-order valence-electron chi connectivity index (χ2n) is 2.84. The quantitative estimate of drug-likeness (QED) is 0.433. The van der Waals surface area contributed by atoms with Crippen LogP contribution in [0.1, 0.15) is 7.43 Å². The average Bonchev–Trinajstić information content (AvgIpc) is 1.92. The Balaban J connectivity index is 0.000000405. The van der Waals surface area contributed by atoms with Crippen LogP contribution < -0.4 is 4.90 Å². The highest BCUT2D eigenvalue weighted by Crippen LogP contribution is 1.91. The van der Waals surface area contributed by atoms with Crippen LogP contribution in [0.4, 0.5) is 0 Å². The minimum atomic E-state index is 0. The van der Waals surface area contributed by atoms with Crippen molar-refractivity contribution >= 4 is 0 Å². The Bertz CT molecular complexity index is 61.9. The highest BCUT2D eigenvalue weighted by molar-refractivity contribution is 4.64. The van der Waals surface area contributed by atoms with Crippen molar-refractivity contribution in [1.82, 2.24) is 4.90 Å². The number of nitrogens with zero attached hydrogens (tertiary/aromatic N) is 1. The Labute approximate surface area is 57.4 Å². The summed E-state index contributed by atoms with van der Waals surface area (Å²) in [5, 5.41) is 0. The lowest BCUT2D eigenvalue weighted by molar-refractivity contribution is -0.914. The Hall–Kier alpha value is -0.0800. The van der Waals surface area contributed by atoms with E-state index in [0.29, 0.717) is 0 Å². The molecule has 3 fully saturated rings. The number of piperazine rings is 3. The second kappa shape index (κ2) is 2.67. The maximum absolute atomic E-state index is 2.56. The van der Waals surface area contributed by atoms with E-state index in [4.69, 9.17) is 0 Å². The minimum Gasteiger partial charge on any atom is -0.332 e. The summed E-state index contributed by atoms with van der Waals surface area (Å²) in [6.07, 6.45) is 0. The number of hydrogen-bond donors (Lipinski definition) is 1. The zero-order valence-corrected chi connectivity index (χ0v) is 5.19. The molecule has 9 heavy (non-hydrogen) atoms. The van der Waals surface area contributed by atoms with Crippen LogP contribution in [0, 0.1) is 0 Å². The lowest BCUT2D eigenvalue weighted by Gasteiger charge is -2.38. The predicted octanol–water partition coefficient (Wildman–Crippen LogP) is -1.16. The molecule has 3 aliphatic rings. The fraction of sp³-hybridized carbons (Fsp3) is 1.00. The molecule has 0 aromatic heterocycles. The van der Waals surface area contributed by atoms with Crippen molar-refractivity contribution in [3.05, 3.63) is 0 Å². The molecule has 1 N–H and O–H groups in total. The smallest absolute Gasteiger partial charge is 0.0901 e. The first-order chi connectivity index (χ1) is 3.95. The maximum atomic E-state index is 2.56. The number of hydrogen-bond acceptors (Lipinski definition) is 1. The third-order valence-electron chi connectivity index (χ3n) is 2.34. The molecular formula is C7H17N2+. The molecular weight excluding hydrogens is 112 g/mol. The minimum absolute atomic E-state index is 0. The highest BCUT2D eigenvalue weighted by Gasteiger charge is 2.25. The van der Waals surface area contributed by atoms with Crippen LogP contribution in [-0.4, -0.2) is 44.2 Å². The van der Waals surface area contributed by atoms with Gasteiger partial charge in [0.05, 0.1) is 19.6 Å². The van der Waals surface area contributed by atoms with Gasteiger partial charge in [0.15, 0.2) is 0 Å². The Morgan fingerprint density at radius 3 is 1.44 bits per heavy atom. The van der Waals surface area contributed by atoms with Crippen molar-refractivity contribution in [2.45, 2.75) is 7.43 Å². The lowest BCUT2D eigenvalue weighted by atomic mass is 10.2. The van der Waals surface area contributed by atoms with E-state index >= 15 is 0 Å². The summed E-state index contributed by atoms with van der Waals surface area (Å²) in [6.45, 7) is 8.28. The van der Waals surface area contributed by atoms with Gasteiger partial charge in [0.1, 0.15) is 0 Å². The van der Waals surface area contributed by atoms with Crippen LogP contribution in [0.5, 0.6) is 0 Å². The van der Waals surface area contributed by atoms with Crippen molar-refractivity contribution in [3.63, 3.8) is 0 Å². The molecule has 3 saturated heterocycles. The van der Waals surface area contributed by atoms with Crippen LogP contribution in [0.3, 0.4) is 0 Å². The molecule has 0 atom stereocenters. The van der Waals surface area contributed by atoms with Gasteiger partial charge < -0.3 is 4.90 Å². The van der Waals surface area contributed by atoms with Crippen LogP contribution in [0.15, 0.2) is 0 Å². The summed E-state index contributed by atoms with van der Waals surface area (Å²) in [7, 11) is 0. The third kappa shape index (κ3) is 1.25. The Morgan fingerprint density at radius 2 is 1.33 bits per heavy atom. The maximum Gasteiger partial charge on any atom is 0.0901 e. The fourth-order valence-corrected chi connectivity index (χ4v) is 1.66. The van der Waals surface area contributed by atoms with E-state index in [1.165, 1.54) is 39.3 Å². The fourth-order valence-electron chi connectivity index (χ4n) is 1.66. The van der Waals surface area contributed by atoms with Crippen molar-refractivity contribution in [3.8, 4) is 0 Å². The largest absolute Gasteiger partial charge is 0.332 e. The van der Waals surface area contributed by atoms with E-state index in [1.807, 2.05) is 4.90 Å². The molecule has 3 heterocycles. The van der Waals surface area contributed by atoms with Crippen LogP contribution >= 0.6 is 0 Å². The van der Waals surface area contributed by atoms with Gasteiger partial charge in [0.2, 0.25) is 0 Å². The molecule has 2 bridgehead atoms. The highest BCUT2D eigenvalue weighted by atomic mass is 15.3. The molecule has 3 aliphatic heterocycles. The van der Waals surface area contributed by atoms with E-state index in [2.05, 4.69) is 4.90 Å². The number of rotatable bonds is 0. The molecule has 0 amide bonds. The van der Waals surface area contributed by atoms with Gasteiger partial charge in [-0.25, -0.2) is 0 Å². The Morgan fingerprint density at radius 1 is 0.889 bits per heavy atom. The van der Waals surface area contributed by atoms with Crippen molar-refractivity contribution in [1.29, 1.82) is 0 Å². The van der Waals surface area contributed by atoms with Gasteiger partial charge in [-0.15, -0.1) is 0 Å². The van der Waals surface area contributed by atoms with Gasteiger partial charge >= 0.3 is 0 Å². The van der Waals surface area contributed by atoms with Gasteiger partial charge in [-0.3, -0.25) is 4.90 Å². The van der Waals surface area contributed by atoms with Gasteiger partial charge in [-0.2, -0.15) is 0 Å². The van der Waals surface area contributed by atoms with Crippen LogP contribution in [0.2, 0.25) is 0 Å². The topological polar surface area (TPSA) is 7.68 Å². The normalized spacial score (nSPS) is 40.0. The van der Waals surface area contributed by atoms with Gasteiger partial charge in [0.25, 0.3) is 0 Å². The first-order valence-corrected chi connectivity index (χ1v) is 3.51. The van der Waals surface area contributed by atoms with Gasteiger partial charge in [-0.05, 0) is 0 Å². The first kappa shape index (κ1) is 7.03. The van der Waals surface area contributed by atoms with Crippen molar-refractivity contribution in [2.24, 2.45) is 0 Å². The third-order valence-corrected chi connectivity index (χ3v) is 2.34. The van der Waals surface area contributed by atoms with Gasteiger partial charge in [-0.1, -0.05) is 7.43 Å². The summed E-state index contributed by atoms with van der Waals surface area (Å²) < 4.78 is 0. The van der Waals surface area contributed by atoms with E-state index in [1.54, 1.807) is 0 Å². The monoisotopic (exact) mass is 129 g/mol. The summed E-state index contributed by atoms with van der Waals surface area (Å²) >= 11 is 0. The van der Waals surface area contributed by atoms with E-state index in [0.717, 1.165) is 0 Å². The van der Waals surface area contributed by atoms with Crippen LogP contribution in [-0.2, 0) is 0 Å². The molecule has 0 spiro atoms. The summed E-state index contributed by atoms with van der Waals surface area (Å²) in [5.41, 5.74) is 0. The number of nitrogens with one attached hydrogen (secondary N) is 1. The molecule has 0 aromatic rings. The molecule has 54 valence electrons. The van der Waals surface area contributed by atoms with Gasteiger partial charge in [0, 0.05) is 19.6 Å². The van der Waals surface area contributed by atoms with E-state index in [9.17, 15) is 0 Å². The first-order valence-electron chi connectivity index (χ1n) is 3.51. The molecule has 0 saturated carbocycles. The molecule has 2 heteroatoms. The standard InChI is InChI=1S/C6H12N2.CH4/c1-2-8-5-3-7(1)4-6-8;/h1-6H2;1H4/p+1. The summed E-state index contributed by atoms with van der Waals surface area (Å²) in [5.74, 6) is 0. The summed E-state index contributed by atoms with van der Waals surface area (Å²) in [4.78, 5) is 4.39. The molecule has 0 radical (unpaired) electrons. The molecule has 2 nitrogen and oxygen atoms in total. The number of quaternary nitrogens is 1. The SMILES string of the molecule is C.C1C[NH+]2CCN1CC2. The summed E-state index contributed by atoms with van der Waals surface area (Å²) in [6, 6.07) is 0. The lowest BCUT2D eigenvalue weighted by Crippen LogP contribution is -3.17. The second-order valence-corrected chi connectivity index (χ2v) is 2.84. The molecule has 0 unspecified atom stereocenters. The van der Waals surface area contributed by atoms with Crippen molar-refractivity contribution in [2.75, 3.05) is 39.3 Å². The van der Waals surface area contributed by atoms with Crippen molar-refractivity contribution < 1.29 is 4.90 Å². The van der Waals surface area contributed by atoms with E-state index < -0.39 is 0 Å². The molecule has 0 aromatic carbocycles. The zero-order valence-electron chi connectivity index (χ0n) is 5.19. The predicted molar refractivity (Wildman–Crippen MR) is 38.7 cm³/mol. The number of fused-ring (bicyclic) bond motifs is 3. The molecule has 3 rings (SSSR count). The molecule has 0 aliphatic carbocycles.